The standard InChI is InChI=1S/C34H17N5S3/c40-18-35-33-34(36-19-41)38-32-25-17-16-22(23-6-5-7-24(30(23)25)31(32)37-33)20-12-14-21(15-13-20)39-26-8-1-3-10-28(26)42-29-11-4-2-9-27(29)39/h1-17H. The van der Waals surface area contributed by atoms with Gasteiger partial charge < -0.3 is 4.90 Å². The second-order valence-electron chi connectivity index (χ2n) is 9.78. The highest BCUT2D eigenvalue weighted by Gasteiger charge is 2.28. The van der Waals surface area contributed by atoms with Crippen LogP contribution in [-0.4, -0.2) is 20.3 Å². The van der Waals surface area contributed by atoms with Crippen LogP contribution in [-0.2, 0) is 0 Å². The highest BCUT2D eigenvalue weighted by atomic mass is 32.2. The normalized spacial score (nSPS) is 12.1. The first-order chi connectivity index (χ1) is 20.7. The maximum atomic E-state index is 4.82. The van der Waals surface area contributed by atoms with Crippen molar-refractivity contribution in [1.29, 1.82) is 0 Å². The SMILES string of the molecule is S=C=Nc1nc2c(nc1N=C=S)-c1ccc(-c3ccc(N4c5ccccc5Sc5ccccc54)cc3)c3cccc-2c13. The number of rotatable bonds is 4. The molecule has 2 heterocycles. The second-order valence-corrected chi connectivity index (χ2v) is 11.2. The Bertz CT molecular complexity index is 2100. The molecule has 0 N–H and O–H groups in total. The maximum absolute atomic E-state index is 4.82. The summed E-state index contributed by atoms with van der Waals surface area (Å²) in [4.78, 5) is 22.5. The minimum absolute atomic E-state index is 0.279. The third kappa shape index (κ3) is 3.79. The van der Waals surface area contributed by atoms with E-state index in [2.05, 4.69) is 128 Å². The lowest BCUT2D eigenvalue weighted by Crippen LogP contribution is -2.14. The van der Waals surface area contributed by atoms with Crippen molar-refractivity contribution in [3.63, 3.8) is 0 Å². The molecule has 0 atom stereocenters. The first-order valence-electron chi connectivity index (χ1n) is 13.2. The molecule has 0 saturated heterocycles. The molecule has 1 aliphatic heterocycles. The molecule has 8 rings (SSSR count). The number of isothiocyanates is 2. The topological polar surface area (TPSA) is 53.7 Å². The van der Waals surface area contributed by atoms with Crippen molar-refractivity contribution < 1.29 is 0 Å². The quantitative estimate of drug-likeness (QED) is 0.150. The van der Waals surface area contributed by atoms with Crippen LogP contribution in [0.3, 0.4) is 0 Å². The average molecular weight is 592 g/mol. The molecule has 6 aromatic rings. The molecule has 0 saturated carbocycles. The van der Waals surface area contributed by atoms with Crippen LogP contribution in [0.25, 0.3) is 44.4 Å². The van der Waals surface area contributed by atoms with Crippen LogP contribution < -0.4 is 4.90 Å². The summed E-state index contributed by atoms with van der Waals surface area (Å²) in [7, 11) is 0. The van der Waals surface area contributed by atoms with Gasteiger partial charge in [0.05, 0.1) is 33.1 Å². The van der Waals surface area contributed by atoms with Crippen LogP contribution in [0.4, 0.5) is 28.7 Å². The van der Waals surface area contributed by atoms with Crippen LogP contribution in [0, 0.1) is 0 Å². The van der Waals surface area contributed by atoms with Crippen molar-refractivity contribution in [2.45, 2.75) is 9.79 Å². The predicted molar refractivity (Wildman–Crippen MR) is 178 cm³/mol. The van der Waals surface area contributed by atoms with Gasteiger partial charge in [-0.05, 0) is 77.3 Å². The summed E-state index contributed by atoms with van der Waals surface area (Å²) in [5.74, 6) is 0.557. The minimum atomic E-state index is 0.279. The molecule has 0 radical (unpaired) electrons. The number of benzene rings is 5. The van der Waals surface area contributed by atoms with Crippen LogP contribution in [0.15, 0.2) is 123 Å². The molecule has 0 fully saturated rings. The van der Waals surface area contributed by atoms with Crippen molar-refractivity contribution in [1.82, 2.24) is 9.97 Å². The summed E-state index contributed by atoms with van der Waals surface area (Å²) in [6.07, 6.45) is 0. The molecule has 1 aromatic heterocycles. The van der Waals surface area contributed by atoms with E-state index in [-0.39, 0.29) is 11.6 Å². The van der Waals surface area contributed by atoms with E-state index in [1.165, 1.54) is 21.2 Å². The lowest BCUT2D eigenvalue weighted by molar-refractivity contribution is 1.17. The van der Waals surface area contributed by atoms with Gasteiger partial charge in [-0.15, -0.1) is 0 Å². The summed E-state index contributed by atoms with van der Waals surface area (Å²) in [5, 5.41) is 6.97. The summed E-state index contributed by atoms with van der Waals surface area (Å²) >= 11 is 11.5. The number of para-hydroxylation sites is 2. The van der Waals surface area contributed by atoms with E-state index in [1.54, 1.807) is 0 Å². The van der Waals surface area contributed by atoms with Gasteiger partial charge in [-0.1, -0.05) is 78.5 Å². The van der Waals surface area contributed by atoms with E-state index >= 15 is 0 Å². The van der Waals surface area contributed by atoms with Gasteiger partial charge in [0.15, 0.2) is 0 Å². The number of anilines is 3. The van der Waals surface area contributed by atoms with Crippen molar-refractivity contribution in [2.75, 3.05) is 4.90 Å². The fourth-order valence-electron chi connectivity index (χ4n) is 5.86. The lowest BCUT2D eigenvalue weighted by Gasteiger charge is -2.32. The minimum Gasteiger partial charge on any atom is -0.308 e. The monoisotopic (exact) mass is 591 g/mol. The molecular weight excluding hydrogens is 575 g/mol. The summed E-state index contributed by atoms with van der Waals surface area (Å²) in [5.41, 5.74) is 9.25. The van der Waals surface area contributed by atoms with Gasteiger partial charge >= 0.3 is 0 Å². The third-order valence-electron chi connectivity index (χ3n) is 7.58. The molecule has 0 bridgehead atoms. The number of thiocarbonyl (C=S) groups is 2. The first-order valence-corrected chi connectivity index (χ1v) is 14.8. The Balaban J connectivity index is 1.25. The maximum Gasteiger partial charge on any atom is 0.209 e. The van der Waals surface area contributed by atoms with Crippen molar-refractivity contribution in [3.05, 3.63) is 103 Å². The number of nitrogens with zero attached hydrogens (tertiary/aromatic N) is 5. The molecule has 2 aliphatic rings. The van der Waals surface area contributed by atoms with Crippen molar-refractivity contribution >= 4 is 86.0 Å². The number of aromatic nitrogens is 2. The van der Waals surface area contributed by atoms with Crippen LogP contribution in [0.5, 0.6) is 0 Å². The molecule has 196 valence electrons. The fraction of sp³-hybridized carbons (Fsp3) is 0. The summed E-state index contributed by atoms with van der Waals surface area (Å²) in [6, 6.07) is 36.4. The predicted octanol–water partition coefficient (Wildman–Crippen LogP) is 10.3. The molecule has 42 heavy (non-hydrogen) atoms. The van der Waals surface area contributed by atoms with E-state index in [9.17, 15) is 0 Å². The Hall–Kier alpha value is -4.81. The van der Waals surface area contributed by atoms with Gasteiger partial charge in [0.25, 0.3) is 0 Å². The van der Waals surface area contributed by atoms with Gasteiger partial charge in [-0.3, -0.25) is 0 Å². The molecular formula is C34H17N5S3. The van der Waals surface area contributed by atoms with Crippen LogP contribution >= 0.6 is 36.2 Å². The fourth-order valence-corrected chi connectivity index (χ4v) is 7.09. The zero-order chi connectivity index (χ0) is 28.2. The smallest absolute Gasteiger partial charge is 0.209 e. The van der Waals surface area contributed by atoms with E-state index in [4.69, 9.17) is 34.4 Å². The number of aliphatic imine (C=N–C) groups is 2. The molecule has 0 unspecified atom stereocenters. The zero-order valence-electron chi connectivity index (χ0n) is 21.8. The largest absolute Gasteiger partial charge is 0.308 e. The Kier molecular flexibility index (Phi) is 5.90. The highest BCUT2D eigenvalue weighted by molar-refractivity contribution is 7.99. The molecule has 0 spiro atoms. The molecule has 5 nitrogen and oxygen atoms in total. The van der Waals surface area contributed by atoms with Gasteiger partial charge in [-0.25, -0.2) is 9.97 Å². The lowest BCUT2D eigenvalue weighted by atomic mass is 9.94. The Morgan fingerprint density at radius 1 is 0.595 bits per heavy atom. The number of hydrogen-bond donors (Lipinski definition) is 0. The Morgan fingerprint density at radius 3 is 1.79 bits per heavy atom. The van der Waals surface area contributed by atoms with Crippen molar-refractivity contribution in [2.24, 2.45) is 9.98 Å². The van der Waals surface area contributed by atoms with Gasteiger partial charge in [0, 0.05) is 32.0 Å². The molecule has 0 amide bonds. The molecule has 1 aliphatic carbocycles. The van der Waals surface area contributed by atoms with Crippen LogP contribution in [0.2, 0.25) is 0 Å². The zero-order valence-corrected chi connectivity index (χ0v) is 24.2. The number of hydrogen-bond acceptors (Lipinski definition) is 8. The average Bonchev–Trinajstić information content (AvgIpc) is 3.34. The molecule has 5 aromatic carbocycles. The summed E-state index contributed by atoms with van der Waals surface area (Å²) in [6.45, 7) is 0. The third-order valence-corrected chi connectivity index (χ3v) is 8.90. The summed E-state index contributed by atoms with van der Waals surface area (Å²) < 4.78 is 0. The van der Waals surface area contributed by atoms with Gasteiger partial charge in [0.1, 0.15) is 0 Å². The van der Waals surface area contributed by atoms with E-state index < -0.39 is 0 Å². The van der Waals surface area contributed by atoms with E-state index in [0.29, 0.717) is 0 Å². The van der Waals surface area contributed by atoms with Gasteiger partial charge in [-0.2, -0.15) is 9.98 Å². The first kappa shape index (κ1) is 24.9. The molecule has 8 heteroatoms. The second kappa shape index (κ2) is 9.93. The number of fused-ring (bicyclic) bond motifs is 5. The van der Waals surface area contributed by atoms with Crippen LogP contribution in [0.1, 0.15) is 0 Å². The Morgan fingerprint density at radius 2 is 1.17 bits per heavy atom. The van der Waals surface area contributed by atoms with Gasteiger partial charge in [0.2, 0.25) is 11.6 Å². The van der Waals surface area contributed by atoms with E-state index in [1.807, 2.05) is 11.8 Å². The highest BCUT2D eigenvalue weighted by Crippen LogP contribution is 2.52. The Labute approximate surface area is 256 Å². The van der Waals surface area contributed by atoms with E-state index in [0.717, 1.165) is 50.1 Å². The van der Waals surface area contributed by atoms with Crippen molar-refractivity contribution in [3.8, 4) is 33.6 Å².